The SMILES string of the molecule is Oc1ccccc1OCCNCCCCCCCC(O)O. The van der Waals surface area contributed by atoms with E-state index >= 15 is 0 Å². The highest BCUT2D eigenvalue weighted by molar-refractivity contribution is 5.37. The van der Waals surface area contributed by atoms with E-state index in [2.05, 4.69) is 5.32 Å². The van der Waals surface area contributed by atoms with Crippen molar-refractivity contribution in [3.05, 3.63) is 24.3 Å². The number of phenolic OH excluding ortho intramolecular Hbond substituents is 1. The third-order valence-corrected chi connectivity index (χ3v) is 3.22. The standard InChI is InChI=1S/C16H27NO4/c18-14-8-5-6-9-15(14)21-13-12-17-11-7-3-1-2-4-10-16(19)20/h5-6,8-9,16-20H,1-4,7,10-13H2. The summed E-state index contributed by atoms with van der Waals surface area (Å²) in [7, 11) is 0. The number of phenols is 1. The maximum atomic E-state index is 9.51. The number of hydrogen-bond donors (Lipinski definition) is 4. The fourth-order valence-electron chi connectivity index (χ4n) is 2.04. The molecule has 1 aromatic rings. The lowest BCUT2D eigenvalue weighted by molar-refractivity contribution is -0.0466. The Balaban J connectivity index is 1.86. The van der Waals surface area contributed by atoms with E-state index in [4.69, 9.17) is 14.9 Å². The molecule has 0 saturated carbocycles. The normalized spacial score (nSPS) is 11.0. The highest BCUT2D eigenvalue weighted by Crippen LogP contribution is 2.23. The average Bonchev–Trinajstić information content (AvgIpc) is 2.46. The number of hydrogen-bond acceptors (Lipinski definition) is 5. The lowest BCUT2D eigenvalue weighted by atomic mass is 10.1. The summed E-state index contributed by atoms with van der Waals surface area (Å²) in [6, 6.07) is 6.96. The van der Waals surface area contributed by atoms with Crippen LogP contribution < -0.4 is 10.1 Å². The van der Waals surface area contributed by atoms with Crippen molar-refractivity contribution in [1.82, 2.24) is 5.32 Å². The van der Waals surface area contributed by atoms with Gasteiger partial charge in [0.05, 0.1) is 0 Å². The summed E-state index contributed by atoms with van der Waals surface area (Å²) in [6.07, 6.45) is 4.63. The smallest absolute Gasteiger partial charge is 0.160 e. The van der Waals surface area contributed by atoms with Gasteiger partial charge in [-0.25, -0.2) is 0 Å². The van der Waals surface area contributed by atoms with E-state index in [0.29, 0.717) is 18.8 Å². The van der Waals surface area contributed by atoms with Crippen molar-refractivity contribution in [2.75, 3.05) is 19.7 Å². The van der Waals surface area contributed by atoms with Crippen LogP contribution in [-0.4, -0.2) is 41.3 Å². The van der Waals surface area contributed by atoms with Crippen molar-refractivity contribution in [1.29, 1.82) is 0 Å². The molecule has 0 aliphatic heterocycles. The van der Waals surface area contributed by atoms with Gasteiger partial charge in [-0.1, -0.05) is 31.4 Å². The monoisotopic (exact) mass is 297 g/mol. The zero-order valence-electron chi connectivity index (χ0n) is 12.5. The fourth-order valence-corrected chi connectivity index (χ4v) is 2.04. The van der Waals surface area contributed by atoms with Crippen LogP contribution in [0.2, 0.25) is 0 Å². The number of aliphatic hydroxyl groups excluding tert-OH is 1. The molecule has 0 unspecified atom stereocenters. The van der Waals surface area contributed by atoms with Crippen LogP contribution in [0.5, 0.6) is 11.5 Å². The van der Waals surface area contributed by atoms with E-state index in [0.717, 1.165) is 45.2 Å². The minimum absolute atomic E-state index is 0.172. The quantitative estimate of drug-likeness (QED) is 0.350. The molecule has 120 valence electrons. The molecule has 0 aliphatic rings. The number of unbranched alkanes of at least 4 members (excludes halogenated alkanes) is 4. The minimum atomic E-state index is -1.16. The zero-order valence-corrected chi connectivity index (χ0v) is 12.5. The van der Waals surface area contributed by atoms with Gasteiger partial charge in [0.25, 0.3) is 0 Å². The first-order chi connectivity index (χ1) is 10.2. The van der Waals surface area contributed by atoms with Crippen molar-refractivity contribution >= 4 is 0 Å². The van der Waals surface area contributed by atoms with Crippen molar-refractivity contribution < 1.29 is 20.1 Å². The van der Waals surface area contributed by atoms with Gasteiger partial charge in [-0.3, -0.25) is 0 Å². The summed E-state index contributed by atoms with van der Waals surface area (Å²) >= 11 is 0. The van der Waals surface area contributed by atoms with Crippen LogP contribution in [0.15, 0.2) is 24.3 Å². The highest BCUT2D eigenvalue weighted by atomic mass is 16.5. The summed E-state index contributed by atoms with van der Waals surface area (Å²) in [5.41, 5.74) is 0. The second-order valence-electron chi connectivity index (χ2n) is 5.10. The van der Waals surface area contributed by atoms with E-state index in [9.17, 15) is 5.11 Å². The Morgan fingerprint density at radius 3 is 2.43 bits per heavy atom. The third-order valence-electron chi connectivity index (χ3n) is 3.22. The van der Waals surface area contributed by atoms with E-state index in [1.807, 2.05) is 6.07 Å². The highest BCUT2D eigenvalue weighted by Gasteiger charge is 1.99. The Morgan fingerprint density at radius 2 is 1.67 bits per heavy atom. The van der Waals surface area contributed by atoms with Gasteiger partial charge < -0.3 is 25.4 Å². The predicted octanol–water partition coefficient (Wildman–Crippen LogP) is 2.01. The molecule has 0 aromatic heterocycles. The lowest BCUT2D eigenvalue weighted by Crippen LogP contribution is -2.22. The molecule has 0 radical (unpaired) electrons. The number of nitrogens with one attached hydrogen (secondary N) is 1. The van der Waals surface area contributed by atoms with Gasteiger partial charge in [-0.2, -0.15) is 0 Å². The van der Waals surface area contributed by atoms with E-state index in [1.54, 1.807) is 18.2 Å². The number of benzene rings is 1. The van der Waals surface area contributed by atoms with Gasteiger partial charge >= 0.3 is 0 Å². The predicted molar refractivity (Wildman–Crippen MR) is 82.4 cm³/mol. The number of ether oxygens (including phenoxy) is 1. The molecule has 5 heteroatoms. The van der Waals surface area contributed by atoms with Crippen LogP contribution in [0.3, 0.4) is 0 Å². The molecule has 0 amide bonds. The maximum absolute atomic E-state index is 9.51. The molecule has 0 aliphatic carbocycles. The Bertz CT molecular complexity index is 371. The number of rotatable bonds is 12. The first kappa shape index (κ1) is 17.8. The fraction of sp³-hybridized carbons (Fsp3) is 0.625. The van der Waals surface area contributed by atoms with E-state index in [-0.39, 0.29) is 5.75 Å². The average molecular weight is 297 g/mol. The van der Waals surface area contributed by atoms with Gasteiger partial charge in [-0.15, -0.1) is 0 Å². The van der Waals surface area contributed by atoms with Crippen LogP contribution in [0.25, 0.3) is 0 Å². The van der Waals surface area contributed by atoms with Crippen molar-refractivity contribution in [2.24, 2.45) is 0 Å². The number of aliphatic hydroxyl groups is 2. The number of aromatic hydroxyl groups is 1. The lowest BCUT2D eigenvalue weighted by Gasteiger charge is -2.08. The van der Waals surface area contributed by atoms with Crippen molar-refractivity contribution in [3.8, 4) is 11.5 Å². The summed E-state index contributed by atoms with van der Waals surface area (Å²) in [5.74, 6) is 0.691. The molecule has 5 nitrogen and oxygen atoms in total. The van der Waals surface area contributed by atoms with Gasteiger partial charge in [0, 0.05) is 6.54 Å². The van der Waals surface area contributed by atoms with Crippen LogP contribution in [0, 0.1) is 0 Å². The van der Waals surface area contributed by atoms with Gasteiger partial charge in [0.2, 0.25) is 0 Å². The third kappa shape index (κ3) is 9.28. The Labute approximate surface area is 126 Å². The molecule has 1 rings (SSSR count). The Kier molecular flexibility index (Phi) is 9.61. The summed E-state index contributed by atoms with van der Waals surface area (Å²) in [5, 5.41) is 30.2. The Morgan fingerprint density at radius 1 is 0.952 bits per heavy atom. The minimum Gasteiger partial charge on any atom is -0.504 e. The second-order valence-corrected chi connectivity index (χ2v) is 5.10. The van der Waals surface area contributed by atoms with Crippen molar-refractivity contribution in [3.63, 3.8) is 0 Å². The molecule has 1 aromatic carbocycles. The van der Waals surface area contributed by atoms with Crippen LogP contribution in [-0.2, 0) is 0 Å². The van der Waals surface area contributed by atoms with Crippen LogP contribution in [0.1, 0.15) is 38.5 Å². The van der Waals surface area contributed by atoms with Gasteiger partial charge in [-0.05, 0) is 37.9 Å². The molecule has 0 bridgehead atoms. The summed E-state index contributed by atoms with van der Waals surface area (Å²) in [4.78, 5) is 0. The van der Waals surface area contributed by atoms with Crippen molar-refractivity contribution in [2.45, 2.75) is 44.8 Å². The first-order valence-electron chi connectivity index (χ1n) is 7.68. The summed E-state index contributed by atoms with van der Waals surface area (Å²) < 4.78 is 5.46. The molecular weight excluding hydrogens is 270 g/mol. The largest absolute Gasteiger partial charge is 0.504 e. The summed E-state index contributed by atoms with van der Waals surface area (Å²) in [6.45, 7) is 2.24. The number of para-hydroxylation sites is 2. The molecule has 0 heterocycles. The molecule has 0 spiro atoms. The first-order valence-corrected chi connectivity index (χ1v) is 7.68. The van der Waals surface area contributed by atoms with Gasteiger partial charge in [0.1, 0.15) is 6.61 Å². The Hall–Kier alpha value is -1.30. The molecule has 0 fully saturated rings. The molecule has 4 N–H and O–H groups in total. The van der Waals surface area contributed by atoms with E-state index < -0.39 is 6.29 Å². The molecule has 0 atom stereocenters. The molecule has 21 heavy (non-hydrogen) atoms. The van der Waals surface area contributed by atoms with E-state index in [1.165, 1.54) is 0 Å². The topological polar surface area (TPSA) is 82.0 Å². The molecular formula is C16H27NO4. The zero-order chi connectivity index (χ0) is 15.3. The second kappa shape index (κ2) is 11.4. The molecule has 0 saturated heterocycles. The van der Waals surface area contributed by atoms with Gasteiger partial charge in [0.15, 0.2) is 17.8 Å². The van der Waals surface area contributed by atoms with Crippen LogP contribution in [0.4, 0.5) is 0 Å². The maximum Gasteiger partial charge on any atom is 0.160 e. The van der Waals surface area contributed by atoms with Crippen LogP contribution >= 0.6 is 0 Å².